The molecule has 1 aromatic heterocycles. The molecule has 1 fully saturated rings. The largest absolute Gasteiger partial charge is 0.493 e. The van der Waals surface area contributed by atoms with Crippen molar-refractivity contribution in [3.05, 3.63) is 154 Å². The van der Waals surface area contributed by atoms with Crippen molar-refractivity contribution in [3.8, 4) is 23.1 Å². The fourth-order valence-electron chi connectivity index (χ4n) is 6.04. The fourth-order valence-corrected chi connectivity index (χ4v) is 6.04. The fraction of sp³-hybridized carbons (Fsp3) is 0.256. The Balaban J connectivity index is 0.978. The summed E-state index contributed by atoms with van der Waals surface area (Å²) in [6.45, 7) is 11.8. The van der Waals surface area contributed by atoms with E-state index in [1.54, 1.807) is 12.3 Å². The highest BCUT2D eigenvalue weighted by molar-refractivity contribution is 5.82. The molecule has 1 aliphatic heterocycles. The maximum atomic E-state index is 11.7. The second-order valence-electron chi connectivity index (χ2n) is 12.9. The van der Waals surface area contributed by atoms with Gasteiger partial charge in [-0.05, 0) is 79.4 Å². The molecule has 0 radical (unpaired) electrons. The van der Waals surface area contributed by atoms with Gasteiger partial charge in [-0.2, -0.15) is 0 Å². The first-order chi connectivity index (χ1) is 24.4. The molecule has 0 N–H and O–H groups in total. The topological polar surface area (TPSA) is 64.1 Å². The summed E-state index contributed by atoms with van der Waals surface area (Å²) in [6.07, 6.45) is 5.11. The van der Waals surface area contributed by atoms with Crippen molar-refractivity contribution < 1.29 is 19.0 Å². The molecule has 5 aromatic rings. The number of allylic oxidation sites excluding steroid dienone is 1. The lowest BCUT2D eigenvalue weighted by Crippen LogP contribution is -2.45. The average molecular weight is 668 g/mol. The van der Waals surface area contributed by atoms with Crippen LogP contribution in [-0.2, 0) is 24.4 Å². The number of carbonyl (C=O) groups is 1. The number of hydrogen-bond donors (Lipinski definition) is 0. The molecule has 1 saturated heterocycles. The zero-order chi connectivity index (χ0) is 34.7. The Labute approximate surface area is 295 Å². The van der Waals surface area contributed by atoms with Gasteiger partial charge in [-0.3, -0.25) is 9.69 Å². The first-order valence-corrected chi connectivity index (χ1v) is 17.3. The zero-order valence-electron chi connectivity index (χ0n) is 29.2. The molecule has 0 atom stereocenters. The molecule has 7 nitrogen and oxygen atoms in total. The molecule has 256 valence electrons. The van der Waals surface area contributed by atoms with Gasteiger partial charge in [0.25, 0.3) is 0 Å². The molecule has 0 unspecified atom stereocenters. The first kappa shape index (κ1) is 34.5. The van der Waals surface area contributed by atoms with E-state index in [0.29, 0.717) is 30.6 Å². The van der Waals surface area contributed by atoms with E-state index in [-0.39, 0.29) is 0 Å². The number of nitrogens with zero attached hydrogens (tertiary/aromatic N) is 3. The Bertz CT molecular complexity index is 1860. The van der Waals surface area contributed by atoms with Crippen molar-refractivity contribution in [2.24, 2.45) is 0 Å². The minimum absolute atomic E-state index is 0.481. The van der Waals surface area contributed by atoms with Crippen LogP contribution in [0.2, 0.25) is 0 Å². The minimum Gasteiger partial charge on any atom is -0.493 e. The lowest BCUT2D eigenvalue weighted by atomic mass is 10.0. The Morgan fingerprint density at radius 3 is 2.00 bits per heavy atom. The third-order valence-electron chi connectivity index (χ3n) is 8.98. The predicted molar refractivity (Wildman–Crippen MR) is 199 cm³/mol. The maximum absolute atomic E-state index is 11.7. The number of hydrogen-bond acceptors (Lipinski definition) is 7. The number of aldehydes is 1. The molecule has 0 amide bonds. The predicted octanol–water partition coefficient (Wildman–Crippen LogP) is 8.36. The third-order valence-corrected chi connectivity index (χ3v) is 8.98. The van der Waals surface area contributed by atoms with Gasteiger partial charge in [0.05, 0.1) is 12.8 Å². The van der Waals surface area contributed by atoms with E-state index in [2.05, 4.69) is 89.3 Å². The quantitative estimate of drug-likeness (QED) is 0.0871. The van der Waals surface area contributed by atoms with Crippen molar-refractivity contribution in [3.63, 3.8) is 0 Å². The SMILES string of the molecule is Cc1ccc(COc2ccc(Oc3ccc(/C(=C\C=O)N4CCN(Cc5ccc(CCOc6ccc(C)cc6)cc5)CC4)c(C)c3)nc2)cc1. The summed E-state index contributed by atoms with van der Waals surface area (Å²) >= 11 is 0. The Morgan fingerprint density at radius 1 is 0.700 bits per heavy atom. The summed E-state index contributed by atoms with van der Waals surface area (Å²) in [7, 11) is 0. The molecule has 4 aromatic carbocycles. The highest BCUT2D eigenvalue weighted by atomic mass is 16.5. The summed E-state index contributed by atoms with van der Waals surface area (Å²) in [6, 6.07) is 34.9. The zero-order valence-corrected chi connectivity index (χ0v) is 29.2. The number of carbonyl (C=O) groups excluding carboxylic acids is 1. The summed E-state index contributed by atoms with van der Waals surface area (Å²) < 4.78 is 17.9. The summed E-state index contributed by atoms with van der Waals surface area (Å²) in [4.78, 5) is 21.0. The minimum atomic E-state index is 0.481. The average Bonchev–Trinajstić information content (AvgIpc) is 3.13. The van der Waals surface area contributed by atoms with Crippen LogP contribution in [0, 0.1) is 20.8 Å². The standard InChI is InChI=1S/C43H45N3O4/c1-32-4-8-37(9-5-32)31-49-40-17-19-43(44-29-40)50-39-16-18-41(34(3)28-39)42(20-26-47)46-24-22-45(23-25-46)30-36-12-10-35(11-13-36)21-27-48-38-14-6-33(2)7-15-38/h4-20,26,28-29H,21-25,27,30-31H2,1-3H3/b42-20+. The van der Waals surface area contributed by atoms with Gasteiger partial charge < -0.3 is 19.1 Å². The van der Waals surface area contributed by atoms with Crippen molar-refractivity contribution in [2.45, 2.75) is 40.3 Å². The van der Waals surface area contributed by atoms with Crippen LogP contribution in [0.4, 0.5) is 0 Å². The van der Waals surface area contributed by atoms with Gasteiger partial charge in [0.2, 0.25) is 5.88 Å². The van der Waals surface area contributed by atoms with Crippen molar-refractivity contribution in [1.29, 1.82) is 0 Å². The van der Waals surface area contributed by atoms with E-state index >= 15 is 0 Å². The Kier molecular flexibility index (Phi) is 11.6. The van der Waals surface area contributed by atoms with E-state index in [0.717, 1.165) is 73.6 Å². The van der Waals surface area contributed by atoms with E-state index < -0.39 is 0 Å². The molecule has 0 aliphatic carbocycles. The number of aromatic nitrogens is 1. The normalized spacial score (nSPS) is 13.6. The monoisotopic (exact) mass is 667 g/mol. The van der Waals surface area contributed by atoms with Crippen LogP contribution in [0.1, 0.15) is 38.9 Å². The highest BCUT2D eigenvalue weighted by Gasteiger charge is 2.21. The van der Waals surface area contributed by atoms with Crippen molar-refractivity contribution >= 4 is 12.0 Å². The van der Waals surface area contributed by atoms with Crippen LogP contribution >= 0.6 is 0 Å². The van der Waals surface area contributed by atoms with Gasteiger partial charge >= 0.3 is 0 Å². The van der Waals surface area contributed by atoms with Crippen LogP contribution in [0.5, 0.6) is 23.1 Å². The molecule has 7 heteroatoms. The van der Waals surface area contributed by atoms with E-state index in [4.69, 9.17) is 14.2 Å². The lowest BCUT2D eigenvalue weighted by Gasteiger charge is -2.37. The van der Waals surface area contributed by atoms with E-state index in [1.165, 1.54) is 22.3 Å². The molecule has 6 rings (SSSR count). The summed E-state index contributed by atoms with van der Waals surface area (Å²) in [5.41, 5.74) is 9.12. The number of aryl methyl sites for hydroxylation is 3. The summed E-state index contributed by atoms with van der Waals surface area (Å²) in [5, 5.41) is 0. The molecule has 0 spiro atoms. The van der Waals surface area contributed by atoms with Crippen molar-refractivity contribution in [1.82, 2.24) is 14.8 Å². The van der Waals surface area contributed by atoms with Crippen LogP contribution in [0.3, 0.4) is 0 Å². The molecule has 1 aliphatic rings. The lowest BCUT2D eigenvalue weighted by molar-refractivity contribution is -0.104. The van der Waals surface area contributed by atoms with Gasteiger partial charge in [-0.1, -0.05) is 71.8 Å². The Morgan fingerprint density at radius 2 is 1.34 bits per heavy atom. The molecular weight excluding hydrogens is 622 g/mol. The molecule has 50 heavy (non-hydrogen) atoms. The molecule has 0 bridgehead atoms. The number of piperazine rings is 1. The maximum Gasteiger partial charge on any atom is 0.219 e. The molecular formula is C43H45N3O4. The highest BCUT2D eigenvalue weighted by Crippen LogP contribution is 2.29. The first-order valence-electron chi connectivity index (χ1n) is 17.3. The van der Waals surface area contributed by atoms with E-state index in [1.807, 2.05) is 49.4 Å². The number of pyridine rings is 1. The van der Waals surface area contributed by atoms with Crippen LogP contribution < -0.4 is 14.2 Å². The second kappa shape index (κ2) is 16.8. The van der Waals surface area contributed by atoms with Gasteiger partial charge in [0.1, 0.15) is 30.1 Å². The van der Waals surface area contributed by atoms with Gasteiger partial charge in [-0.15, -0.1) is 0 Å². The molecule has 0 saturated carbocycles. The number of benzene rings is 4. The van der Waals surface area contributed by atoms with Gasteiger partial charge in [0, 0.05) is 62.5 Å². The van der Waals surface area contributed by atoms with Gasteiger partial charge in [0.15, 0.2) is 0 Å². The second-order valence-corrected chi connectivity index (χ2v) is 12.9. The molecule has 2 heterocycles. The van der Waals surface area contributed by atoms with Gasteiger partial charge in [-0.25, -0.2) is 4.98 Å². The van der Waals surface area contributed by atoms with Crippen LogP contribution in [-0.4, -0.2) is 53.9 Å². The smallest absolute Gasteiger partial charge is 0.219 e. The number of rotatable bonds is 14. The number of ether oxygens (including phenoxy) is 3. The van der Waals surface area contributed by atoms with E-state index in [9.17, 15) is 4.79 Å². The Hall–Kier alpha value is -5.40. The third kappa shape index (κ3) is 9.61. The summed E-state index contributed by atoms with van der Waals surface area (Å²) in [5.74, 6) is 2.77. The van der Waals surface area contributed by atoms with Crippen molar-refractivity contribution in [2.75, 3.05) is 32.8 Å². The van der Waals surface area contributed by atoms with Crippen LogP contribution in [0.15, 0.2) is 115 Å². The van der Waals surface area contributed by atoms with Crippen LogP contribution in [0.25, 0.3) is 5.70 Å².